The van der Waals surface area contributed by atoms with Gasteiger partial charge in [0, 0.05) is 18.3 Å². The molecule has 7 heteroatoms. The van der Waals surface area contributed by atoms with Crippen LogP contribution in [0, 0.1) is 0 Å². The van der Waals surface area contributed by atoms with Crippen LogP contribution in [0.15, 0.2) is 12.4 Å². The Balaban J connectivity index is 2.63. The van der Waals surface area contributed by atoms with Gasteiger partial charge in [0.25, 0.3) is 0 Å². The molecule has 2 N–H and O–H groups in total. The van der Waals surface area contributed by atoms with Crippen molar-refractivity contribution in [2.24, 2.45) is 0 Å². The summed E-state index contributed by atoms with van der Waals surface area (Å²) < 4.78 is 25.9. The number of alkyl halides is 1. The van der Waals surface area contributed by atoms with E-state index in [0.29, 0.717) is 24.5 Å². The first-order chi connectivity index (χ1) is 7.59. The van der Waals surface area contributed by atoms with Crippen LogP contribution in [0.2, 0.25) is 0 Å². The molecule has 0 radical (unpaired) electrons. The number of H-pyrrole nitrogens is 1. The zero-order valence-electron chi connectivity index (χ0n) is 9.11. The maximum absolute atomic E-state index is 11.6. The maximum atomic E-state index is 11.6. The lowest BCUT2D eigenvalue weighted by Gasteiger charge is -2.14. The molecule has 0 saturated carbocycles. The standard InChI is InChI=1S/C9H16ClN3O2S/c1-2-8(9-11-5-6-12-9)13-16(14,15)7-3-4-10/h5-6,8,13H,2-4,7H2,1H3,(H,11,12). The highest BCUT2D eigenvalue weighted by molar-refractivity contribution is 7.89. The molecule has 0 saturated heterocycles. The normalized spacial score (nSPS) is 13.9. The minimum absolute atomic E-state index is 0.0493. The zero-order chi connectivity index (χ0) is 12.0. The van der Waals surface area contributed by atoms with E-state index in [4.69, 9.17) is 11.6 Å². The molecule has 16 heavy (non-hydrogen) atoms. The largest absolute Gasteiger partial charge is 0.347 e. The van der Waals surface area contributed by atoms with E-state index in [0.717, 1.165) is 0 Å². The average molecular weight is 266 g/mol. The van der Waals surface area contributed by atoms with Crippen molar-refractivity contribution in [3.05, 3.63) is 18.2 Å². The molecule has 0 aliphatic rings. The molecule has 0 spiro atoms. The van der Waals surface area contributed by atoms with E-state index in [1.54, 1.807) is 12.4 Å². The predicted octanol–water partition coefficient (Wildman–Crippen LogP) is 1.41. The van der Waals surface area contributed by atoms with Gasteiger partial charge in [0.05, 0.1) is 11.8 Å². The molecule has 1 aromatic rings. The first-order valence-electron chi connectivity index (χ1n) is 5.14. The Kier molecular flexibility index (Phi) is 5.24. The Morgan fingerprint density at radius 1 is 1.62 bits per heavy atom. The summed E-state index contributed by atoms with van der Waals surface area (Å²) in [5.74, 6) is 1.03. The third-order valence-electron chi connectivity index (χ3n) is 2.13. The van der Waals surface area contributed by atoms with E-state index in [-0.39, 0.29) is 11.8 Å². The molecule has 5 nitrogen and oxygen atoms in total. The number of aromatic amines is 1. The fourth-order valence-corrected chi connectivity index (χ4v) is 2.97. The molecule has 0 aliphatic carbocycles. The van der Waals surface area contributed by atoms with Gasteiger partial charge in [-0.15, -0.1) is 11.6 Å². The molecule has 92 valence electrons. The Labute approximate surface area is 101 Å². The number of nitrogens with one attached hydrogen (secondary N) is 2. The van der Waals surface area contributed by atoms with Crippen LogP contribution in [0.1, 0.15) is 31.6 Å². The van der Waals surface area contributed by atoms with Gasteiger partial charge in [-0.3, -0.25) is 0 Å². The number of sulfonamides is 1. The molecule has 0 bridgehead atoms. The Morgan fingerprint density at radius 3 is 2.88 bits per heavy atom. The van der Waals surface area contributed by atoms with Crippen LogP contribution < -0.4 is 4.72 Å². The summed E-state index contributed by atoms with van der Waals surface area (Å²) in [5.41, 5.74) is 0. The molecule has 1 heterocycles. The summed E-state index contributed by atoms with van der Waals surface area (Å²) in [6, 6.07) is -0.296. The number of nitrogens with zero attached hydrogens (tertiary/aromatic N) is 1. The third kappa shape index (κ3) is 4.11. The summed E-state index contributed by atoms with van der Waals surface area (Å²) in [4.78, 5) is 6.95. The molecule has 0 fully saturated rings. The van der Waals surface area contributed by atoms with Crippen LogP contribution in [0.4, 0.5) is 0 Å². The summed E-state index contributed by atoms with van der Waals surface area (Å²) in [6.07, 6.45) is 4.37. The Hall–Kier alpha value is -0.590. The van der Waals surface area contributed by atoms with Crippen LogP contribution in [-0.2, 0) is 10.0 Å². The summed E-state index contributed by atoms with van der Waals surface area (Å²) in [5, 5.41) is 0. The van der Waals surface area contributed by atoms with Crippen molar-refractivity contribution in [3.63, 3.8) is 0 Å². The van der Waals surface area contributed by atoms with E-state index in [1.807, 2.05) is 6.92 Å². The van der Waals surface area contributed by atoms with Gasteiger partial charge in [-0.2, -0.15) is 0 Å². The van der Waals surface area contributed by atoms with Crippen LogP contribution in [0.25, 0.3) is 0 Å². The van der Waals surface area contributed by atoms with E-state index in [2.05, 4.69) is 14.7 Å². The van der Waals surface area contributed by atoms with Gasteiger partial charge in [0.1, 0.15) is 5.82 Å². The number of hydrogen-bond acceptors (Lipinski definition) is 3. The SMILES string of the molecule is CCC(NS(=O)(=O)CCCCl)c1ncc[nH]1. The van der Waals surface area contributed by atoms with Crippen molar-refractivity contribution in [2.45, 2.75) is 25.8 Å². The van der Waals surface area contributed by atoms with Crippen molar-refractivity contribution in [2.75, 3.05) is 11.6 Å². The van der Waals surface area contributed by atoms with Crippen molar-refractivity contribution >= 4 is 21.6 Å². The van der Waals surface area contributed by atoms with Gasteiger partial charge < -0.3 is 4.98 Å². The number of hydrogen-bond donors (Lipinski definition) is 2. The lowest BCUT2D eigenvalue weighted by molar-refractivity contribution is 0.538. The molecule has 1 atom stereocenters. The molecular formula is C9H16ClN3O2S. The zero-order valence-corrected chi connectivity index (χ0v) is 10.7. The van der Waals surface area contributed by atoms with Gasteiger partial charge in [-0.25, -0.2) is 18.1 Å². The van der Waals surface area contributed by atoms with Crippen molar-refractivity contribution in [1.82, 2.24) is 14.7 Å². The number of rotatable bonds is 7. The highest BCUT2D eigenvalue weighted by atomic mass is 35.5. The topological polar surface area (TPSA) is 74.8 Å². The Bertz CT molecular complexity index is 391. The maximum Gasteiger partial charge on any atom is 0.212 e. The first-order valence-corrected chi connectivity index (χ1v) is 7.33. The highest BCUT2D eigenvalue weighted by Crippen LogP contribution is 2.13. The second-order valence-corrected chi connectivity index (χ2v) is 5.67. The molecule has 1 unspecified atom stereocenters. The average Bonchev–Trinajstić information content (AvgIpc) is 2.76. The molecule has 1 aromatic heterocycles. The second-order valence-electron chi connectivity index (χ2n) is 3.41. The smallest absolute Gasteiger partial charge is 0.212 e. The molecule has 0 aliphatic heterocycles. The van der Waals surface area contributed by atoms with Gasteiger partial charge in [0.2, 0.25) is 10.0 Å². The van der Waals surface area contributed by atoms with E-state index in [1.165, 1.54) is 0 Å². The number of imidazole rings is 1. The summed E-state index contributed by atoms with van der Waals surface area (Å²) >= 11 is 5.47. The monoisotopic (exact) mass is 265 g/mol. The van der Waals surface area contributed by atoms with E-state index >= 15 is 0 Å². The van der Waals surface area contributed by atoms with E-state index < -0.39 is 10.0 Å². The quantitative estimate of drug-likeness (QED) is 0.732. The molecular weight excluding hydrogens is 250 g/mol. The van der Waals surface area contributed by atoms with Crippen LogP contribution in [0.3, 0.4) is 0 Å². The third-order valence-corrected chi connectivity index (χ3v) is 3.86. The summed E-state index contributed by atoms with van der Waals surface area (Å²) in [7, 11) is -3.28. The lowest BCUT2D eigenvalue weighted by Crippen LogP contribution is -2.31. The van der Waals surface area contributed by atoms with Gasteiger partial charge in [-0.1, -0.05) is 6.92 Å². The van der Waals surface area contributed by atoms with Gasteiger partial charge in [0.15, 0.2) is 0 Å². The Morgan fingerprint density at radius 2 is 2.38 bits per heavy atom. The van der Waals surface area contributed by atoms with Gasteiger partial charge in [-0.05, 0) is 12.8 Å². The highest BCUT2D eigenvalue weighted by Gasteiger charge is 2.19. The van der Waals surface area contributed by atoms with E-state index in [9.17, 15) is 8.42 Å². The predicted molar refractivity (Wildman–Crippen MR) is 63.9 cm³/mol. The molecule has 0 aromatic carbocycles. The fraction of sp³-hybridized carbons (Fsp3) is 0.667. The molecule has 0 amide bonds. The van der Waals surface area contributed by atoms with Crippen molar-refractivity contribution in [3.8, 4) is 0 Å². The lowest BCUT2D eigenvalue weighted by atomic mass is 10.2. The van der Waals surface area contributed by atoms with Gasteiger partial charge >= 0.3 is 0 Å². The minimum atomic E-state index is -3.28. The summed E-state index contributed by atoms with van der Waals surface area (Å²) in [6.45, 7) is 1.90. The van der Waals surface area contributed by atoms with Crippen molar-refractivity contribution < 1.29 is 8.42 Å². The second kappa shape index (κ2) is 6.22. The molecule has 1 rings (SSSR count). The van der Waals surface area contributed by atoms with Crippen LogP contribution in [0.5, 0.6) is 0 Å². The minimum Gasteiger partial charge on any atom is -0.347 e. The number of aromatic nitrogens is 2. The first kappa shape index (κ1) is 13.5. The number of halogens is 1. The van der Waals surface area contributed by atoms with Crippen LogP contribution >= 0.6 is 11.6 Å². The van der Waals surface area contributed by atoms with Crippen molar-refractivity contribution in [1.29, 1.82) is 0 Å². The fourth-order valence-electron chi connectivity index (χ4n) is 1.32. The van der Waals surface area contributed by atoms with Crippen LogP contribution in [-0.4, -0.2) is 30.0 Å².